The van der Waals surface area contributed by atoms with Gasteiger partial charge in [-0.15, -0.1) is 0 Å². The summed E-state index contributed by atoms with van der Waals surface area (Å²) in [5, 5.41) is 3.02. The molecule has 0 radical (unpaired) electrons. The second-order valence-electron chi connectivity index (χ2n) is 4.61. The van der Waals surface area contributed by atoms with Crippen molar-refractivity contribution in [3.05, 3.63) is 29.8 Å². The molecular weight excluding hydrogens is 226 g/mol. The average Bonchev–Trinajstić information content (AvgIpc) is 2.38. The minimum absolute atomic E-state index is 0.0376. The summed E-state index contributed by atoms with van der Waals surface area (Å²) in [4.78, 5) is 12.1. The molecule has 0 aromatic heterocycles. The van der Waals surface area contributed by atoms with E-state index < -0.39 is 0 Å². The van der Waals surface area contributed by atoms with Gasteiger partial charge in [0, 0.05) is 11.6 Å². The molecule has 0 heterocycles. The summed E-state index contributed by atoms with van der Waals surface area (Å²) in [5.74, 6) is 1.18. The van der Waals surface area contributed by atoms with E-state index in [1.165, 1.54) is 0 Å². The topological polar surface area (TPSA) is 38.3 Å². The molecule has 0 spiro atoms. The van der Waals surface area contributed by atoms with Gasteiger partial charge in [-0.05, 0) is 38.0 Å². The molecule has 0 aliphatic carbocycles. The zero-order valence-electron chi connectivity index (χ0n) is 11.7. The molecular formula is C15H23NO2. The molecule has 100 valence electrons. The van der Waals surface area contributed by atoms with Gasteiger partial charge in [0.2, 0.25) is 0 Å². The summed E-state index contributed by atoms with van der Waals surface area (Å²) in [6.45, 7) is 8.84. The normalized spacial score (nSPS) is 13.8. The van der Waals surface area contributed by atoms with Crippen molar-refractivity contribution in [2.75, 3.05) is 6.61 Å². The molecule has 0 saturated carbocycles. The number of carbonyl (C=O) groups is 1. The molecule has 0 fully saturated rings. The van der Waals surface area contributed by atoms with E-state index in [2.05, 4.69) is 19.2 Å². The number of hydrogen-bond donors (Lipinski definition) is 1. The zero-order chi connectivity index (χ0) is 13.5. The van der Waals surface area contributed by atoms with Crippen LogP contribution in [0.15, 0.2) is 24.3 Å². The molecule has 1 unspecified atom stereocenters. The lowest BCUT2D eigenvalue weighted by Crippen LogP contribution is -2.36. The molecule has 0 bridgehead atoms. The Kier molecular flexibility index (Phi) is 5.69. The summed E-state index contributed by atoms with van der Waals surface area (Å²) in [6, 6.07) is 7.47. The highest BCUT2D eigenvalue weighted by atomic mass is 16.5. The summed E-state index contributed by atoms with van der Waals surface area (Å²) < 4.78 is 5.39. The molecule has 1 aromatic rings. The SMILES string of the molecule is CCOc1cccc(C(=O)NC(C)[C@H](C)CC)c1. The van der Waals surface area contributed by atoms with Gasteiger partial charge in [0.1, 0.15) is 5.75 Å². The van der Waals surface area contributed by atoms with Crippen molar-refractivity contribution >= 4 is 5.91 Å². The fraction of sp³-hybridized carbons (Fsp3) is 0.533. The Morgan fingerprint density at radius 3 is 2.67 bits per heavy atom. The van der Waals surface area contributed by atoms with Crippen LogP contribution in [0.5, 0.6) is 5.75 Å². The molecule has 2 atom stereocenters. The van der Waals surface area contributed by atoms with E-state index >= 15 is 0 Å². The monoisotopic (exact) mass is 249 g/mol. The second kappa shape index (κ2) is 7.04. The first kappa shape index (κ1) is 14.6. The summed E-state index contributed by atoms with van der Waals surface area (Å²) in [6.07, 6.45) is 1.06. The Labute approximate surface area is 110 Å². The largest absolute Gasteiger partial charge is 0.494 e. The Bertz CT molecular complexity index is 390. The van der Waals surface area contributed by atoms with Gasteiger partial charge in [0.25, 0.3) is 5.91 Å². The van der Waals surface area contributed by atoms with Gasteiger partial charge in [-0.25, -0.2) is 0 Å². The van der Waals surface area contributed by atoms with E-state index in [0.29, 0.717) is 18.1 Å². The number of nitrogens with one attached hydrogen (secondary N) is 1. The first-order valence-electron chi connectivity index (χ1n) is 6.62. The summed E-state index contributed by atoms with van der Waals surface area (Å²) >= 11 is 0. The van der Waals surface area contributed by atoms with Crippen molar-refractivity contribution in [2.24, 2.45) is 5.92 Å². The quantitative estimate of drug-likeness (QED) is 0.840. The minimum atomic E-state index is -0.0376. The molecule has 0 aliphatic heterocycles. The average molecular weight is 249 g/mol. The fourth-order valence-corrected chi connectivity index (χ4v) is 1.68. The van der Waals surface area contributed by atoms with Gasteiger partial charge in [0.05, 0.1) is 6.61 Å². The van der Waals surface area contributed by atoms with E-state index in [1.807, 2.05) is 26.0 Å². The zero-order valence-corrected chi connectivity index (χ0v) is 11.7. The third-order valence-corrected chi connectivity index (χ3v) is 3.26. The molecule has 0 saturated heterocycles. The highest BCUT2D eigenvalue weighted by Gasteiger charge is 2.14. The van der Waals surface area contributed by atoms with Crippen LogP contribution < -0.4 is 10.1 Å². The highest BCUT2D eigenvalue weighted by molar-refractivity contribution is 5.94. The van der Waals surface area contributed by atoms with Gasteiger partial charge in [-0.2, -0.15) is 0 Å². The Morgan fingerprint density at radius 1 is 1.33 bits per heavy atom. The van der Waals surface area contributed by atoms with Gasteiger partial charge in [-0.3, -0.25) is 4.79 Å². The lowest BCUT2D eigenvalue weighted by atomic mass is 10.0. The standard InChI is InChI=1S/C15H23NO2/c1-5-11(3)12(4)16-15(17)13-8-7-9-14(10-13)18-6-2/h7-12H,5-6H2,1-4H3,(H,16,17)/t11-,12?/m1/s1. The van der Waals surface area contributed by atoms with E-state index in [1.54, 1.807) is 12.1 Å². The third-order valence-electron chi connectivity index (χ3n) is 3.26. The maximum absolute atomic E-state index is 12.1. The predicted molar refractivity (Wildman–Crippen MR) is 74.0 cm³/mol. The lowest BCUT2D eigenvalue weighted by Gasteiger charge is -2.20. The van der Waals surface area contributed by atoms with Crippen molar-refractivity contribution < 1.29 is 9.53 Å². The van der Waals surface area contributed by atoms with Crippen molar-refractivity contribution in [1.82, 2.24) is 5.32 Å². The number of ether oxygens (including phenoxy) is 1. The van der Waals surface area contributed by atoms with E-state index in [4.69, 9.17) is 4.74 Å². The summed E-state index contributed by atoms with van der Waals surface area (Å²) in [5.41, 5.74) is 0.649. The van der Waals surface area contributed by atoms with Crippen LogP contribution in [-0.4, -0.2) is 18.6 Å². The van der Waals surface area contributed by atoms with E-state index in [-0.39, 0.29) is 11.9 Å². The smallest absolute Gasteiger partial charge is 0.251 e. The first-order valence-corrected chi connectivity index (χ1v) is 6.62. The predicted octanol–water partition coefficient (Wildman–Crippen LogP) is 3.25. The lowest BCUT2D eigenvalue weighted by molar-refractivity contribution is 0.0927. The Hall–Kier alpha value is -1.51. The van der Waals surface area contributed by atoms with Gasteiger partial charge in [-0.1, -0.05) is 26.3 Å². The van der Waals surface area contributed by atoms with Crippen LogP contribution in [0.1, 0.15) is 44.5 Å². The van der Waals surface area contributed by atoms with Crippen LogP contribution in [0.25, 0.3) is 0 Å². The van der Waals surface area contributed by atoms with Crippen molar-refractivity contribution in [3.8, 4) is 5.75 Å². The van der Waals surface area contributed by atoms with Crippen LogP contribution in [0.4, 0.5) is 0 Å². The van der Waals surface area contributed by atoms with Gasteiger partial charge >= 0.3 is 0 Å². The number of carbonyl (C=O) groups excluding carboxylic acids is 1. The maximum Gasteiger partial charge on any atom is 0.251 e. The molecule has 1 N–H and O–H groups in total. The van der Waals surface area contributed by atoms with Crippen LogP contribution in [0.3, 0.4) is 0 Å². The van der Waals surface area contributed by atoms with Crippen LogP contribution in [-0.2, 0) is 0 Å². The van der Waals surface area contributed by atoms with Crippen LogP contribution in [0.2, 0.25) is 0 Å². The Morgan fingerprint density at radius 2 is 2.06 bits per heavy atom. The van der Waals surface area contributed by atoms with Crippen molar-refractivity contribution in [2.45, 2.75) is 40.2 Å². The molecule has 1 rings (SSSR count). The van der Waals surface area contributed by atoms with E-state index in [9.17, 15) is 4.79 Å². The molecule has 1 amide bonds. The van der Waals surface area contributed by atoms with Gasteiger partial charge < -0.3 is 10.1 Å². The minimum Gasteiger partial charge on any atom is -0.494 e. The highest BCUT2D eigenvalue weighted by Crippen LogP contribution is 2.14. The van der Waals surface area contributed by atoms with Crippen LogP contribution in [0, 0.1) is 5.92 Å². The number of rotatable bonds is 6. The second-order valence-corrected chi connectivity index (χ2v) is 4.61. The molecule has 1 aromatic carbocycles. The maximum atomic E-state index is 12.1. The van der Waals surface area contributed by atoms with Gasteiger partial charge in [0.15, 0.2) is 0 Å². The number of amides is 1. The fourth-order valence-electron chi connectivity index (χ4n) is 1.68. The van der Waals surface area contributed by atoms with Crippen LogP contribution >= 0.6 is 0 Å². The van der Waals surface area contributed by atoms with Crippen molar-refractivity contribution in [3.63, 3.8) is 0 Å². The third kappa shape index (κ3) is 4.06. The molecule has 18 heavy (non-hydrogen) atoms. The molecule has 3 nitrogen and oxygen atoms in total. The molecule has 3 heteroatoms. The summed E-state index contributed by atoms with van der Waals surface area (Å²) in [7, 11) is 0. The number of benzene rings is 1. The Balaban J connectivity index is 2.69. The first-order chi connectivity index (χ1) is 8.58. The molecule has 0 aliphatic rings. The van der Waals surface area contributed by atoms with E-state index in [0.717, 1.165) is 12.2 Å². The number of hydrogen-bond acceptors (Lipinski definition) is 2. The van der Waals surface area contributed by atoms with Crippen molar-refractivity contribution in [1.29, 1.82) is 0 Å².